The number of rotatable bonds is 4. The number of hydrogen-bond acceptors (Lipinski definition) is 8. The van der Waals surface area contributed by atoms with E-state index in [1.54, 1.807) is 6.07 Å². The van der Waals surface area contributed by atoms with Crippen LogP contribution in [-0.4, -0.2) is 101 Å². The summed E-state index contributed by atoms with van der Waals surface area (Å²) >= 11 is 6.52. The van der Waals surface area contributed by atoms with Gasteiger partial charge < -0.3 is 14.4 Å². The second-order valence-electron chi connectivity index (χ2n) is 17.3. The number of sulfonamides is 1. The fourth-order valence-corrected chi connectivity index (χ4v) is 13.0. The number of ether oxygens (including phenoxy) is 2. The van der Waals surface area contributed by atoms with Crippen LogP contribution in [0, 0.1) is 17.8 Å². The molecule has 2 aliphatic carbocycles. The molecule has 54 heavy (non-hydrogen) atoms. The van der Waals surface area contributed by atoms with E-state index < -0.39 is 26.8 Å². The second kappa shape index (κ2) is 15.4. The molecule has 1 spiro atoms. The number of amides is 1. The first-order valence-electron chi connectivity index (χ1n) is 20.6. The van der Waals surface area contributed by atoms with E-state index in [4.69, 9.17) is 21.1 Å². The third kappa shape index (κ3) is 7.23. The summed E-state index contributed by atoms with van der Waals surface area (Å²) in [7, 11) is -2.08. The first-order chi connectivity index (χ1) is 26.0. The molecule has 4 aliphatic heterocycles. The highest BCUT2D eigenvalue weighted by Crippen LogP contribution is 2.49. The second-order valence-corrected chi connectivity index (χ2v) is 19.7. The lowest BCUT2D eigenvalue weighted by Crippen LogP contribution is -2.61. The lowest BCUT2D eigenvalue weighted by molar-refractivity contribution is -0.100. The highest BCUT2D eigenvalue weighted by Gasteiger charge is 2.50. The van der Waals surface area contributed by atoms with E-state index in [0.29, 0.717) is 37.0 Å². The number of piperidine rings is 1. The van der Waals surface area contributed by atoms with Crippen LogP contribution in [-0.2, 0) is 26.6 Å². The van der Waals surface area contributed by atoms with Crippen LogP contribution in [0.2, 0.25) is 5.02 Å². The summed E-state index contributed by atoms with van der Waals surface area (Å²) in [6.07, 6.45) is 14.5. The number of aryl methyl sites for hydroxylation is 1. The highest BCUT2D eigenvalue weighted by atomic mass is 35.5. The number of carbonyl (C=O) groups is 1. The van der Waals surface area contributed by atoms with Crippen molar-refractivity contribution in [1.29, 1.82) is 0 Å². The van der Waals surface area contributed by atoms with Gasteiger partial charge >= 0.3 is 0 Å². The third-order valence-corrected chi connectivity index (χ3v) is 16.5. The summed E-state index contributed by atoms with van der Waals surface area (Å²) in [5.74, 6) is 0.577. The topological polar surface area (TPSA) is 91.4 Å². The number of allylic oxidation sites excluding steroid dienone is 1. The fraction of sp³-hybridized carbons (Fsp3) is 0.651. The molecule has 0 radical (unpaired) electrons. The van der Waals surface area contributed by atoms with Gasteiger partial charge in [-0.05, 0) is 124 Å². The molecule has 6 aliphatic rings. The van der Waals surface area contributed by atoms with E-state index in [1.807, 2.05) is 39.2 Å². The Hall–Kier alpha value is -2.63. The largest absolute Gasteiger partial charge is 0.490 e. The third-order valence-electron chi connectivity index (χ3n) is 14.2. The zero-order chi connectivity index (χ0) is 37.7. The Morgan fingerprint density at radius 2 is 1.91 bits per heavy atom. The van der Waals surface area contributed by atoms with Crippen LogP contribution in [0.15, 0.2) is 48.6 Å². The average molecular weight is 779 g/mol. The summed E-state index contributed by atoms with van der Waals surface area (Å²) in [5, 5.41) is 0.0392. The number of carbonyl (C=O) groups excluding carboxylic acids is 1. The van der Waals surface area contributed by atoms with Crippen LogP contribution < -0.4 is 14.4 Å². The van der Waals surface area contributed by atoms with Crippen molar-refractivity contribution in [3.05, 3.63) is 70.3 Å². The van der Waals surface area contributed by atoms with Gasteiger partial charge in [-0.2, -0.15) is 0 Å². The molecule has 11 heteroatoms. The van der Waals surface area contributed by atoms with Crippen molar-refractivity contribution in [3.63, 3.8) is 0 Å². The molecule has 0 unspecified atom stereocenters. The minimum atomic E-state index is -3.96. The molecular formula is C43H59ClN4O5S. The van der Waals surface area contributed by atoms with Gasteiger partial charge in [-0.1, -0.05) is 50.1 Å². The predicted molar refractivity (Wildman–Crippen MR) is 215 cm³/mol. The van der Waals surface area contributed by atoms with Gasteiger partial charge in [0.15, 0.2) is 0 Å². The van der Waals surface area contributed by atoms with E-state index >= 15 is 0 Å². The Bertz CT molecular complexity index is 1860. The van der Waals surface area contributed by atoms with Crippen LogP contribution in [0.4, 0.5) is 5.69 Å². The van der Waals surface area contributed by atoms with Crippen molar-refractivity contribution in [2.75, 3.05) is 64.4 Å². The quantitative estimate of drug-likeness (QED) is 0.338. The molecule has 2 aromatic rings. The van der Waals surface area contributed by atoms with Gasteiger partial charge in [0, 0.05) is 68.4 Å². The Morgan fingerprint density at radius 1 is 1.04 bits per heavy atom. The van der Waals surface area contributed by atoms with Crippen molar-refractivity contribution in [2.45, 2.75) is 100 Å². The summed E-state index contributed by atoms with van der Waals surface area (Å²) < 4.78 is 43.7. The van der Waals surface area contributed by atoms with Crippen molar-refractivity contribution < 1.29 is 22.7 Å². The Morgan fingerprint density at radius 3 is 2.70 bits per heavy atom. The molecule has 9 nitrogen and oxygen atoms in total. The van der Waals surface area contributed by atoms with E-state index in [2.05, 4.69) is 43.7 Å². The molecule has 1 saturated carbocycles. The van der Waals surface area contributed by atoms with Crippen LogP contribution in [0.3, 0.4) is 0 Å². The number of fused-ring (bicyclic) bond motifs is 5. The first-order valence-corrected chi connectivity index (χ1v) is 22.5. The number of nitrogens with one attached hydrogen (secondary N) is 1. The summed E-state index contributed by atoms with van der Waals surface area (Å²) in [5.41, 5.74) is 2.98. The van der Waals surface area contributed by atoms with Gasteiger partial charge in [-0.25, -0.2) is 13.1 Å². The Balaban J connectivity index is 1.19. The Labute approximate surface area is 327 Å². The molecule has 2 saturated heterocycles. The molecule has 1 N–H and O–H groups in total. The number of nitrogens with zero attached hydrogens (tertiary/aromatic N) is 3. The standard InChI is InChI=1S/C43H59ClN4O5S/c1-4-40-30(2)9-7-19-43(52-3,28-46-21-22-47-20-6-5-11-35(47)26-46)37-15-12-33(37)25-48-27-42(18-8-10-31-23-34(44)14-16-36(31)42)29-53-39-17-13-32(24-38(39)48)41(49)45-54(40,50)51/h7,13-14,16-17,19,23-24,30,33,35,37,40H,4-6,8-12,15,18,20-22,25-29H2,1-3H3,(H,45,49)/b19-7+/t30-,33-,35+,37+,40+,42-,43-/m0/s1. The molecule has 2 aromatic carbocycles. The SMILES string of the molecule is CC[C@@H]1[C@@H](C)C/C=C/[C@@](CN2CCN3CCCC[C@@H]3C2)(OC)[C@@H]2CC[C@H]2CN2C[C@@]3(CCCc4cc(Cl)ccc43)COc3ccc(cc32)C(=O)NS1(=O)=O. The lowest BCUT2D eigenvalue weighted by atomic mass is 9.63. The van der Waals surface area contributed by atoms with Gasteiger partial charge in [0.2, 0.25) is 10.0 Å². The van der Waals surface area contributed by atoms with E-state index in [0.717, 1.165) is 87.8 Å². The van der Waals surface area contributed by atoms with E-state index in [-0.39, 0.29) is 17.3 Å². The van der Waals surface area contributed by atoms with Gasteiger partial charge in [0.1, 0.15) is 11.4 Å². The van der Waals surface area contributed by atoms with Gasteiger partial charge in [-0.3, -0.25) is 14.6 Å². The van der Waals surface area contributed by atoms with Gasteiger partial charge in [0.25, 0.3) is 5.91 Å². The zero-order valence-electron chi connectivity index (χ0n) is 32.4. The van der Waals surface area contributed by atoms with E-state index in [9.17, 15) is 13.2 Å². The Kier molecular flexibility index (Phi) is 10.9. The van der Waals surface area contributed by atoms with Crippen LogP contribution >= 0.6 is 11.6 Å². The van der Waals surface area contributed by atoms with E-state index in [1.165, 1.54) is 36.9 Å². The molecule has 1 amide bonds. The molecular weight excluding hydrogens is 720 g/mol. The average Bonchev–Trinajstić information content (AvgIpc) is 3.29. The summed E-state index contributed by atoms with van der Waals surface area (Å²) in [4.78, 5) is 21.6. The smallest absolute Gasteiger partial charge is 0.264 e. The van der Waals surface area contributed by atoms with Gasteiger partial charge in [0.05, 0.1) is 17.5 Å². The van der Waals surface area contributed by atoms with Crippen molar-refractivity contribution in [3.8, 4) is 5.75 Å². The molecule has 7 atom stereocenters. The number of hydrogen-bond donors (Lipinski definition) is 1. The minimum absolute atomic E-state index is 0.192. The fourth-order valence-electron chi connectivity index (χ4n) is 11.1. The monoisotopic (exact) mass is 778 g/mol. The van der Waals surface area contributed by atoms with Crippen molar-refractivity contribution in [2.24, 2.45) is 17.8 Å². The predicted octanol–water partition coefficient (Wildman–Crippen LogP) is 6.83. The summed E-state index contributed by atoms with van der Waals surface area (Å²) in [6, 6.07) is 12.4. The van der Waals surface area contributed by atoms with Crippen molar-refractivity contribution in [1.82, 2.24) is 14.5 Å². The number of halogens is 1. The molecule has 294 valence electrons. The maximum Gasteiger partial charge on any atom is 0.264 e. The number of methoxy groups -OCH3 is 1. The van der Waals surface area contributed by atoms with Crippen LogP contribution in [0.1, 0.15) is 93.1 Å². The molecule has 2 bridgehead atoms. The maximum atomic E-state index is 13.9. The molecule has 3 fully saturated rings. The van der Waals surface area contributed by atoms with Gasteiger partial charge in [-0.15, -0.1) is 0 Å². The zero-order valence-corrected chi connectivity index (χ0v) is 34.0. The maximum absolute atomic E-state index is 13.9. The minimum Gasteiger partial charge on any atom is -0.490 e. The van der Waals surface area contributed by atoms with Crippen LogP contribution in [0.25, 0.3) is 0 Å². The number of benzene rings is 2. The summed E-state index contributed by atoms with van der Waals surface area (Å²) in [6.45, 7) is 11.1. The highest BCUT2D eigenvalue weighted by molar-refractivity contribution is 7.90. The number of piperazine rings is 1. The molecule has 4 heterocycles. The normalized spacial score (nSPS) is 35.0. The molecule has 0 aromatic heterocycles. The van der Waals surface area contributed by atoms with Crippen LogP contribution in [0.5, 0.6) is 5.75 Å². The lowest BCUT2D eigenvalue weighted by Gasteiger charge is -2.53. The first kappa shape index (κ1) is 38.3. The van der Waals surface area contributed by atoms with Crippen molar-refractivity contribution >= 4 is 33.2 Å². The molecule has 8 rings (SSSR count). The number of anilines is 1.